The standard InChI is InChI=1S/C18H25N3O2S/c1-11(19-9-8-18-12(2)20-14(4)24-18)15-6-7-17(23-5)16(10-15)21-13(3)22/h6-7,10-11,19H,8-9H2,1-5H3,(H,21,22). The Balaban J connectivity index is 1.99. The molecule has 5 nitrogen and oxygen atoms in total. The lowest BCUT2D eigenvalue weighted by Crippen LogP contribution is -2.21. The summed E-state index contributed by atoms with van der Waals surface area (Å²) in [5, 5.41) is 7.46. The van der Waals surface area contributed by atoms with Gasteiger partial charge in [-0.15, -0.1) is 11.3 Å². The highest BCUT2D eigenvalue weighted by atomic mass is 32.1. The Morgan fingerprint density at radius 2 is 2.12 bits per heavy atom. The van der Waals surface area contributed by atoms with Gasteiger partial charge in [0.05, 0.1) is 23.5 Å². The van der Waals surface area contributed by atoms with Crippen molar-refractivity contribution in [3.63, 3.8) is 0 Å². The summed E-state index contributed by atoms with van der Waals surface area (Å²) in [6, 6.07) is 6.04. The molecule has 0 bridgehead atoms. The van der Waals surface area contributed by atoms with E-state index in [0.29, 0.717) is 11.4 Å². The minimum absolute atomic E-state index is 0.109. The molecule has 2 N–H and O–H groups in total. The number of benzene rings is 1. The molecule has 2 rings (SSSR count). The first-order valence-corrected chi connectivity index (χ1v) is 8.84. The van der Waals surface area contributed by atoms with Crippen molar-refractivity contribution in [3.8, 4) is 5.75 Å². The topological polar surface area (TPSA) is 63.2 Å². The minimum atomic E-state index is -0.109. The summed E-state index contributed by atoms with van der Waals surface area (Å²) < 4.78 is 5.29. The number of aryl methyl sites for hydroxylation is 2. The van der Waals surface area contributed by atoms with E-state index in [1.807, 2.05) is 25.1 Å². The van der Waals surface area contributed by atoms with E-state index in [4.69, 9.17) is 4.74 Å². The molecule has 24 heavy (non-hydrogen) atoms. The number of amides is 1. The van der Waals surface area contributed by atoms with E-state index in [1.54, 1.807) is 18.4 Å². The lowest BCUT2D eigenvalue weighted by atomic mass is 10.1. The number of nitrogens with one attached hydrogen (secondary N) is 2. The average Bonchev–Trinajstić information content (AvgIpc) is 2.84. The van der Waals surface area contributed by atoms with Gasteiger partial charge in [-0.1, -0.05) is 6.07 Å². The maximum Gasteiger partial charge on any atom is 0.221 e. The first-order valence-electron chi connectivity index (χ1n) is 8.02. The first kappa shape index (κ1) is 18.4. The van der Waals surface area contributed by atoms with Gasteiger partial charge in [-0.2, -0.15) is 0 Å². The van der Waals surface area contributed by atoms with Gasteiger partial charge in [0.1, 0.15) is 5.75 Å². The van der Waals surface area contributed by atoms with Crippen LogP contribution in [0.2, 0.25) is 0 Å². The highest BCUT2D eigenvalue weighted by Gasteiger charge is 2.11. The van der Waals surface area contributed by atoms with Crippen LogP contribution in [0.1, 0.15) is 41.0 Å². The van der Waals surface area contributed by atoms with E-state index in [1.165, 1.54) is 11.8 Å². The number of anilines is 1. The van der Waals surface area contributed by atoms with Crippen LogP contribution in [-0.2, 0) is 11.2 Å². The highest BCUT2D eigenvalue weighted by Crippen LogP contribution is 2.28. The summed E-state index contributed by atoms with van der Waals surface area (Å²) >= 11 is 1.76. The minimum Gasteiger partial charge on any atom is -0.495 e. The summed E-state index contributed by atoms with van der Waals surface area (Å²) in [5.41, 5.74) is 2.94. The van der Waals surface area contributed by atoms with Crippen molar-refractivity contribution in [3.05, 3.63) is 39.3 Å². The van der Waals surface area contributed by atoms with Crippen LogP contribution in [0.25, 0.3) is 0 Å². The first-order chi connectivity index (χ1) is 11.4. The molecule has 6 heteroatoms. The molecule has 1 unspecified atom stereocenters. The van der Waals surface area contributed by atoms with Crippen molar-refractivity contribution >= 4 is 22.9 Å². The number of ether oxygens (including phenoxy) is 1. The molecule has 0 fully saturated rings. The van der Waals surface area contributed by atoms with E-state index in [9.17, 15) is 4.79 Å². The van der Waals surface area contributed by atoms with Gasteiger partial charge in [0.15, 0.2) is 0 Å². The summed E-state index contributed by atoms with van der Waals surface area (Å²) in [6.07, 6.45) is 0.969. The number of nitrogens with zero attached hydrogens (tertiary/aromatic N) is 1. The molecular weight excluding hydrogens is 322 g/mol. The second kappa shape index (κ2) is 8.26. The van der Waals surface area contributed by atoms with Crippen LogP contribution >= 0.6 is 11.3 Å². The number of thiazole rings is 1. The van der Waals surface area contributed by atoms with Crippen molar-refractivity contribution in [2.75, 3.05) is 19.0 Å². The maximum atomic E-state index is 11.3. The third-order valence-electron chi connectivity index (χ3n) is 3.84. The monoisotopic (exact) mass is 347 g/mol. The highest BCUT2D eigenvalue weighted by molar-refractivity contribution is 7.11. The maximum absolute atomic E-state index is 11.3. The van der Waals surface area contributed by atoms with E-state index in [-0.39, 0.29) is 11.9 Å². The fraction of sp³-hybridized carbons (Fsp3) is 0.444. The van der Waals surface area contributed by atoms with Crippen LogP contribution in [0.3, 0.4) is 0 Å². The zero-order valence-corrected chi connectivity index (χ0v) is 15.7. The van der Waals surface area contributed by atoms with Gasteiger partial charge in [0.2, 0.25) is 5.91 Å². The van der Waals surface area contributed by atoms with Gasteiger partial charge >= 0.3 is 0 Å². The second-order valence-corrected chi connectivity index (χ2v) is 7.10. The van der Waals surface area contributed by atoms with Crippen molar-refractivity contribution < 1.29 is 9.53 Å². The summed E-state index contributed by atoms with van der Waals surface area (Å²) in [6.45, 7) is 8.59. The molecule has 1 aromatic heterocycles. The summed E-state index contributed by atoms with van der Waals surface area (Å²) in [4.78, 5) is 17.1. The van der Waals surface area contributed by atoms with Crippen LogP contribution in [-0.4, -0.2) is 24.5 Å². The quantitative estimate of drug-likeness (QED) is 0.803. The Hall–Kier alpha value is -1.92. The molecule has 2 aromatic rings. The number of carbonyl (C=O) groups excluding carboxylic acids is 1. The van der Waals surface area contributed by atoms with Crippen LogP contribution in [0.15, 0.2) is 18.2 Å². The lowest BCUT2D eigenvalue weighted by Gasteiger charge is -2.17. The smallest absolute Gasteiger partial charge is 0.221 e. The third kappa shape index (κ3) is 4.79. The summed E-state index contributed by atoms with van der Waals surface area (Å²) in [7, 11) is 1.60. The predicted molar refractivity (Wildman–Crippen MR) is 99.0 cm³/mol. The van der Waals surface area contributed by atoms with E-state index in [0.717, 1.165) is 29.2 Å². The molecule has 1 heterocycles. The van der Waals surface area contributed by atoms with Crippen molar-refractivity contribution in [2.45, 2.75) is 40.2 Å². The predicted octanol–water partition coefficient (Wildman–Crippen LogP) is 3.62. The Kier molecular flexibility index (Phi) is 6.34. The Bertz CT molecular complexity index is 712. The Labute approximate surface area is 147 Å². The molecule has 1 aromatic carbocycles. The number of aromatic nitrogens is 1. The Morgan fingerprint density at radius 3 is 2.71 bits per heavy atom. The fourth-order valence-electron chi connectivity index (χ4n) is 2.61. The SMILES string of the molecule is COc1ccc(C(C)NCCc2sc(C)nc2C)cc1NC(C)=O. The van der Waals surface area contributed by atoms with E-state index < -0.39 is 0 Å². The average molecular weight is 347 g/mol. The van der Waals surface area contributed by atoms with Crippen LogP contribution in [0, 0.1) is 13.8 Å². The van der Waals surface area contributed by atoms with E-state index >= 15 is 0 Å². The zero-order valence-electron chi connectivity index (χ0n) is 14.9. The number of methoxy groups -OCH3 is 1. The molecule has 0 aliphatic rings. The van der Waals surface area contributed by atoms with Crippen LogP contribution in [0.5, 0.6) is 5.75 Å². The van der Waals surface area contributed by atoms with Crippen LogP contribution in [0.4, 0.5) is 5.69 Å². The van der Waals surface area contributed by atoms with Crippen LogP contribution < -0.4 is 15.4 Å². The van der Waals surface area contributed by atoms with Crippen molar-refractivity contribution in [1.82, 2.24) is 10.3 Å². The van der Waals surface area contributed by atoms with Gasteiger partial charge < -0.3 is 15.4 Å². The van der Waals surface area contributed by atoms with Gasteiger partial charge in [0.25, 0.3) is 0 Å². The summed E-state index contributed by atoms with van der Waals surface area (Å²) in [5.74, 6) is 0.555. The largest absolute Gasteiger partial charge is 0.495 e. The van der Waals surface area contributed by atoms with Crippen molar-refractivity contribution in [1.29, 1.82) is 0 Å². The number of rotatable bonds is 7. The number of hydrogen-bond acceptors (Lipinski definition) is 5. The molecule has 0 radical (unpaired) electrons. The molecule has 0 aliphatic heterocycles. The normalized spacial score (nSPS) is 12.0. The number of hydrogen-bond donors (Lipinski definition) is 2. The molecule has 1 amide bonds. The molecule has 0 aliphatic carbocycles. The van der Waals surface area contributed by atoms with E-state index in [2.05, 4.69) is 29.5 Å². The van der Waals surface area contributed by atoms with Crippen molar-refractivity contribution in [2.24, 2.45) is 0 Å². The molecule has 130 valence electrons. The molecular formula is C18H25N3O2S. The fourth-order valence-corrected chi connectivity index (χ4v) is 3.54. The molecule has 1 atom stereocenters. The van der Waals surface area contributed by atoms with Gasteiger partial charge in [-0.3, -0.25) is 4.79 Å². The molecule has 0 spiro atoms. The van der Waals surface area contributed by atoms with Gasteiger partial charge in [-0.25, -0.2) is 4.98 Å². The molecule has 0 saturated heterocycles. The zero-order chi connectivity index (χ0) is 17.7. The Morgan fingerprint density at radius 1 is 1.38 bits per heavy atom. The molecule has 0 saturated carbocycles. The lowest BCUT2D eigenvalue weighted by molar-refractivity contribution is -0.114. The van der Waals surface area contributed by atoms with Gasteiger partial charge in [0, 0.05) is 24.4 Å². The third-order valence-corrected chi connectivity index (χ3v) is 4.97. The number of carbonyl (C=O) groups is 1. The second-order valence-electron chi connectivity index (χ2n) is 5.81. The van der Waals surface area contributed by atoms with Gasteiger partial charge in [-0.05, 0) is 44.9 Å².